The van der Waals surface area contributed by atoms with E-state index in [4.69, 9.17) is 0 Å². The summed E-state index contributed by atoms with van der Waals surface area (Å²) in [5.41, 5.74) is 1.18. The van der Waals surface area contributed by atoms with Gasteiger partial charge in [-0.1, -0.05) is 0 Å². The highest BCUT2D eigenvalue weighted by Crippen LogP contribution is 2.31. The zero-order valence-electron chi connectivity index (χ0n) is 14.0. The molecule has 0 radical (unpaired) electrons. The fraction of sp³-hybridized carbons (Fsp3) is 0.167. The number of amides is 4. The molecule has 3 heterocycles. The van der Waals surface area contributed by atoms with Crippen molar-refractivity contribution in [2.75, 3.05) is 4.90 Å². The van der Waals surface area contributed by atoms with E-state index in [0.29, 0.717) is 5.69 Å². The molecule has 3 aliphatic heterocycles. The molecule has 0 spiro atoms. The normalized spacial score (nSPS) is 21.1. The first kappa shape index (κ1) is 18.5. The van der Waals surface area contributed by atoms with E-state index in [2.05, 4.69) is 10.3 Å². The zero-order valence-corrected chi connectivity index (χ0v) is 14.8. The van der Waals surface area contributed by atoms with Gasteiger partial charge in [-0.25, -0.2) is 0 Å². The summed E-state index contributed by atoms with van der Waals surface area (Å²) in [6.45, 7) is 0. The first-order valence-corrected chi connectivity index (χ1v) is 8.07. The topological polar surface area (TPSA) is 99.2 Å². The van der Waals surface area contributed by atoms with Crippen molar-refractivity contribution in [1.82, 2.24) is 10.2 Å². The minimum atomic E-state index is -0.963. The molecule has 1 fully saturated rings. The van der Waals surface area contributed by atoms with E-state index in [1.54, 1.807) is 54.0 Å². The monoisotopic (exact) mass is 386 g/mol. The SMILES string of the molecule is Cl.O=C1CCC(N2C(=O)c3ccc(N4C=CC=NC=C4)cc3C2=O)C(=O)N1. The fourth-order valence-electron chi connectivity index (χ4n) is 3.18. The molecule has 1 aromatic rings. The first-order chi connectivity index (χ1) is 12.6. The van der Waals surface area contributed by atoms with Crippen LogP contribution < -0.4 is 10.2 Å². The number of hydrogen-bond donors (Lipinski definition) is 1. The Hall–Kier alpha value is -3.26. The van der Waals surface area contributed by atoms with Crippen LogP contribution in [0, 0.1) is 0 Å². The third kappa shape index (κ3) is 3.15. The van der Waals surface area contributed by atoms with Crippen LogP contribution in [0.3, 0.4) is 0 Å². The Morgan fingerprint density at radius 2 is 1.81 bits per heavy atom. The summed E-state index contributed by atoms with van der Waals surface area (Å²) < 4.78 is 0. The van der Waals surface area contributed by atoms with Gasteiger partial charge in [-0.05, 0) is 30.7 Å². The number of piperidine rings is 1. The predicted molar refractivity (Wildman–Crippen MR) is 99.6 cm³/mol. The number of nitrogens with one attached hydrogen (secondary N) is 1. The zero-order chi connectivity index (χ0) is 18.3. The third-order valence-corrected chi connectivity index (χ3v) is 4.45. The summed E-state index contributed by atoms with van der Waals surface area (Å²) in [5.74, 6) is -2.06. The first-order valence-electron chi connectivity index (χ1n) is 8.07. The van der Waals surface area contributed by atoms with Crippen LogP contribution in [-0.2, 0) is 9.59 Å². The van der Waals surface area contributed by atoms with Crippen LogP contribution in [0.25, 0.3) is 0 Å². The number of hydrogen-bond acceptors (Lipinski definition) is 6. The van der Waals surface area contributed by atoms with Crippen LogP contribution in [0.1, 0.15) is 33.6 Å². The molecule has 4 rings (SSSR count). The molecule has 138 valence electrons. The summed E-state index contributed by atoms with van der Waals surface area (Å²) in [6, 6.07) is 3.94. The van der Waals surface area contributed by atoms with Gasteiger partial charge in [0.05, 0.1) is 11.1 Å². The summed E-state index contributed by atoms with van der Waals surface area (Å²) in [4.78, 5) is 55.5. The third-order valence-electron chi connectivity index (χ3n) is 4.45. The van der Waals surface area contributed by atoms with E-state index < -0.39 is 29.7 Å². The molecule has 0 bridgehead atoms. The molecule has 1 N–H and O–H groups in total. The molecule has 3 aliphatic rings. The van der Waals surface area contributed by atoms with Gasteiger partial charge in [0.2, 0.25) is 11.8 Å². The minimum Gasteiger partial charge on any atom is -0.322 e. The van der Waals surface area contributed by atoms with Gasteiger partial charge < -0.3 is 4.90 Å². The van der Waals surface area contributed by atoms with Crippen LogP contribution >= 0.6 is 12.4 Å². The van der Waals surface area contributed by atoms with Gasteiger partial charge in [-0.2, -0.15) is 0 Å². The highest BCUT2D eigenvalue weighted by molar-refractivity contribution is 6.23. The highest BCUT2D eigenvalue weighted by atomic mass is 35.5. The second kappa shape index (κ2) is 7.16. The molecular formula is C18H15ClN4O4. The predicted octanol–water partition coefficient (Wildman–Crippen LogP) is 1.39. The van der Waals surface area contributed by atoms with Crippen LogP contribution in [0.5, 0.6) is 0 Å². The maximum absolute atomic E-state index is 12.8. The van der Waals surface area contributed by atoms with E-state index in [9.17, 15) is 19.2 Å². The van der Waals surface area contributed by atoms with Crippen molar-refractivity contribution >= 4 is 47.9 Å². The quantitative estimate of drug-likeness (QED) is 0.774. The van der Waals surface area contributed by atoms with Crippen molar-refractivity contribution in [2.24, 2.45) is 4.99 Å². The number of carbonyl (C=O) groups excluding carboxylic acids is 4. The van der Waals surface area contributed by atoms with Gasteiger partial charge in [0.25, 0.3) is 11.8 Å². The highest BCUT2D eigenvalue weighted by Gasteiger charge is 2.44. The van der Waals surface area contributed by atoms with Crippen LogP contribution in [0.15, 0.2) is 47.9 Å². The van der Waals surface area contributed by atoms with E-state index in [0.717, 1.165) is 4.90 Å². The lowest BCUT2D eigenvalue weighted by molar-refractivity contribution is -0.136. The van der Waals surface area contributed by atoms with Gasteiger partial charge >= 0.3 is 0 Å². The molecule has 1 aromatic carbocycles. The number of nitrogens with zero attached hydrogens (tertiary/aromatic N) is 3. The van der Waals surface area contributed by atoms with Gasteiger partial charge in [0.15, 0.2) is 0 Å². The van der Waals surface area contributed by atoms with Gasteiger partial charge in [-0.15, -0.1) is 12.4 Å². The molecule has 8 nitrogen and oxygen atoms in total. The van der Waals surface area contributed by atoms with Gasteiger partial charge in [0, 0.05) is 36.9 Å². The second-order valence-electron chi connectivity index (χ2n) is 6.02. The van der Waals surface area contributed by atoms with Gasteiger partial charge in [-0.3, -0.25) is 34.4 Å². The summed E-state index contributed by atoms with van der Waals surface area (Å²) >= 11 is 0. The molecule has 0 aromatic heterocycles. The van der Waals surface area contributed by atoms with Crippen molar-refractivity contribution in [3.05, 3.63) is 54.0 Å². The Morgan fingerprint density at radius 1 is 1.04 bits per heavy atom. The molecule has 1 unspecified atom stereocenters. The molecule has 27 heavy (non-hydrogen) atoms. The number of anilines is 1. The number of benzene rings is 1. The van der Waals surface area contributed by atoms with Crippen LogP contribution in [0.2, 0.25) is 0 Å². The molecular weight excluding hydrogens is 372 g/mol. The van der Waals surface area contributed by atoms with Crippen LogP contribution in [0.4, 0.5) is 5.69 Å². The largest absolute Gasteiger partial charge is 0.322 e. The summed E-state index contributed by atoms with van der Waals surface area (Å²) in [5, 5.41) is 2.18. The average Bonchev–Trinajstić information content (AvgIpc) is 2.82. The number of carbonyl (C=O) groups is 4. The van der Waals surface area contributed by atoms with E-state index in [1.165, 1.54) is 0 Å². The van der Waals surface area contributed by atoms with E-state index in [-0.39, 0.29) is 36.4 Å². The van der Waals surface area contributed by atoms with Crippen molar-refractivity contribution in [2.45, 2.75) is 18.9 Å². The maximum atomic E-state index is 12.8. The Morgan fingerprint density at radius 3 is 2.59 bits per heavy atom. The average molecular weight is 387 g/mol. The Labute approximate surface area is 160 Å². The Balaban J connectivity index is 0.00000210. The standard InChI is InChI=1S/C18H14N4O4.ClH/c23-15-5-4-14(16(24)20-15)22-17(25)12-3-2-11(10-13(12)18(22)26)21-8-1-6-19-7-9-21;/h1-3,6-10,14H,4-5H2,(H,20,23,24);1H. The number of allylic oxidation sites excluding steroid dienone is 1. The molecule has 0 aliphatic carbocycles. The summed E-state index contributed by atoms with van der Waals surface area (Å²) in [7, 11) is 0. The lowest BCUT2D eigenvalue weighted by Crippen LogP contribution is -2.54. The summed E-state index contributed by atoms with van der Waals surface area (Å²) in [6.07, 6.45) is 8.71. The molecule has 4 amide bonds. The lowest BCUT2D eigenvalue weighted by Gasteiger charge is -2.27. The second-order valence-corrected chi connectivity index (χ2v) is 6.02. The van der Waals surface area contributed by atoms with E-state index >= 15 is 0 Å². The Bertz CT molecular complexity index is 921. The number of rotatable bonds is 2. The Kier molecular flexibility index (Phi) is 4.91. The van der Waals surface area contributed by atoms with Crippen LogP contribution in [-0.4, -0.2) is 40.8 Å². The molecule has 1 saturated heterocycles. The molecule has 9 heteroatoms. The fourth-order valence-corrected chi connectivity index (χ4v) is 3.18. The number of aliphatic imine (C=N–C) groups is 1. The van der Waals surface area contributed by atoms with E-state index in [1.807, 2.05) is 0 Å². The smallest absolute Gasteiger partial charge is 0.262 e. The number of imide groups is 2. The lowest BCUT2D eigenvalue weighted by atomic mass is 10.0. The van der Waals surface area contributed by atoms with Crippen molar-refractivity contribution < 1.29 is 19.2 Å². The maximum Gasteiger partial charge on any atom is 0.262 e. The molecule has 0 saturated carbocycles. The van der Waals surface area contributed by atoms with Gasteiger partial charge in [0.1, 0.15) is 6.04 Å². The minimum absolute atomic E-state index is 0. The number of halogens is 1. The van der Waals surface area contributed by atoms with Crippen molar-refractivity contribution in [3.8, 4) is 0 Å². The number of fused-ring (bicyclic) bond motifs is 1. The van der Waals surface area contributed by atoms with Crippen molar-refractivity contribution in [1.29, 1.82) is 0 Å². The van der Waals surface area contributed by atoms with Crippen molar-refractivity contribution in [3.63, 3.8) is 0 Å². The molecule has 1 atom stereocenters.